The van der Waals surface area contributed by atoms with Crippen molar-refractivity contribution in [3.8, 4) is 0 Å². The molecule has 13 fully saturated rings. The quantitative estimate of drug-likeness (QED) is 0.0308. The van der Waals surface area contributed by atoms with E-state index in [1.54, 1.807) is 18.5 Å². The summed E-state index contributed by atoms with van der Waals surface area (Å²) in [6.07, 6.45) is 37.4. The Morgan fingerprint density at radius 1 is 0.281 bits per heavy atom. The van der Waals surface area contributed by atoms with Crippen LogP contribution in [0, 0.1) is 69.2 Å². The molecule has 718 valence electrons. The van der Waals surface area contributed by atoms with Gasteiger partial charge in [0, 0.05) is 161 Å². The molecule has 4 heterocycles. The van der Waals surface area contributed by atoms with Crippen LogP contribution in [0.15, 0.2) is 304 Å². The maximum atomic E-state index is 5.32. The van der Waals surface area contributed by atoms with Crippen molar-refractivity contribution < 1.29 is 23.6 Å². The van der Waals surface area contributed by atoms with Gasteiger partial charge in [-0.2, -0.15) is 6.42 Å². The molecular weight excluding hydrogens is 2400 g/mol. The summed E-state index contributed by atoms with van der Waals surface area (Å²) >= 11 is 22.3. The summed E-state index contributed by atoms with van der Waals surface area (Å²) in [7, 11) is 0. The van der Waals surface area contributed by atoms with Gasteiger partial charge in [-0.15, -0.1) is 0 Å². The number of rotatable bonds is 17. The first-order valence-corrected chi connectivity index (χ1v) is 56.1. The first-order valence-electron chi connectivity index (χ1n) is 49.2. The van der Waals surface area contributed by atoms with Crippen molar-refractivity contribution in [2.24, 2.45) is 0 Å². The minimum absolute atomic E-state index is 0. The zero-order valence-electron chi connectivity index (χ0n) is 82.6. The summed E-state index contributed by atoms with van der Waals surface area (Å²) in [4.78, 5) is 38.7. The van der Waals surface area contributed by atoms with E-state index in [1.165, 1.54) is 185 Å². The van der Waals surface area contributed by atoms with Gasteiger partial charge in [-0.1, -0.05) is 326 Å². The van der Waals surface area contributed by atoms with Gasteiger partial charge in [0.05, 0.1) is 0 Å². The number of nitrogens with zero attached hydrogens (tertiary/aromatic N) is 10. The number of nitrogens with one attached hydrogen (secondary N) is 1. The van der Waals surface area contributed by atoms with Crippen molar-refractivity contribution in [3.05, 3.63) is 378 Å². The molecule has 1 aliphatic heterocycles. The summed E-state index contributed by atoms with van der Waals surface area (Å²) in [6.45, 7) is 27.3. The minimum atomic E-state index is -0.337. The fourth-order valence-electron chi connectivity index (χ4n) is 26.0. The van der Waals surface area contributed by atoms with E-state index < -0.39 is 0 Å². The van der Waals surface area contributed by atoms with E-state index in [-0.39, 0.29) is 58.7 Å². The topological polar surface area (TPSA) is 112 Å². The Morgan fingerprint density at radius 2 is 0.489 bits per heavy atom. The van der Waals surface area contributed by atoms with Gasteiger partial charge in [0.25, 0.3) is 0 Å². The smallest absolute Gasteiger partial charge is 0.381 e. The standard InChI is InChI=1S/C46H46N6.C38H40I2N2.C13H13N.C10H12I4.C4H3ClN2.C4H8O.C4H9.Li/c1-33-7-15-37(16-8-33)51(38-17-9-34(2)10-18-38)45-28-43(41-47-23-5-24-48-41)27-44(29-45,42-49-25-6-26-50-42)31-46(30-43,32-45)52(39-19-11-35(3)12-20-39)40-21-13-36(4)14-22-40;1-27-5-13-31(14-6-27)41(32-15-7-28(2)8-16-32)37-22-35(39)21-36(40,23-37)25-38(24-35,26-37)42(33-17-9-29(3)10-18-33)34-19-11-30(4)12-20-34;1-11-7-9-13(10-8-11)14-12-5-3-2-4-6-12;11-7-1-8(12)4-9(13,2-7)6-10(14,3-7)5-8;5-4-6-2-1-3-7-4;1-2-4-5-3-1;1-3-4-2;/h5-26H,27-32H2,1-4H3;5-20H,21-26H2,1-4H3;2-10,14H,1H3;1-6H2;1-3H;1-4H2;1,3-4H2,2H3;/q;;;;;;-1;+1. The Balaban J connectivity index is 0.000000140. The Kier molecular flexibility index (Phi) is 33.5. The van der Waals surface area contributed by atoms with Crippen LogP contribution in [0.3, 0.4) is 0 Å². The Morgan fingerprint density at radius 3 is 0.698 bits per heavy atom. The predicted octanol–water partition coefficient (Wildman–Crippen LogP) is 30.7. The van der Waals surface area contributed by atoms with Gasteiger partial charge in [0.2, 0.25) is 5.28 Å². The van der Waals surface area contributed by atoms with Gasteiger partial charge in [-0.3, -0.25) is 0 Å². The van der Waals surface area contributed by atoms with Crippen molar-refractivity contribution in [2.45, 2.75) is 264 Å². The van der Waals surface area contributed by atoms with Crippen molar-refractivity contribution in [3.63, 3.8) is 0 Å². The van der Waals surface area contributed by atoms with Crippen molar-refractivity contribution in [2.75, 3.05) is 38.1 Å². The van der Waals surface area contributed by atoms with Crippen LogP contribution >= 0.6 is 147 Å². The van der Waals surface area contributed by atoms with Crippen LogP contribution in [0.4, 0.5) is 56.9 Å². The number of halogens is 7. The molecule has 10 aromatic carbocycles. The van der Waals surface area contributed by atoms with E-state index in [0.717, 1.165) is 87.6 Å². The molecule has 13 aromatic rings. The molecule has 0 amide bonds. The average molecular weight is 2540 g/mol. The molecule has 139 heavy (non-hydrogen) atoms. The number of hydrogen-bond acceptors (Lipinski definition) is 12. The third-order valence-corrected chi connectivity index (χ3v) is 36.9. The number of ether oxygens (including phenoxy) is 1. The molecule has 0 atom stereocenters. The third kappa shape index (κ3) is 24.3. The first kappa shape index (κ1) is 105. The molecule has 20 heteroatoms. The predicted molar refractivity (Wildman–Crippen MR) is 628 cm³/mol. The van der Waals surface area contributed by atoms with Crippen LogP contribution in [0.25, 0.3) is 0 Å². The second kappa shape index (κ2) is 44.1. The number of hydrogen-bond donors (Lipinski definition) is 1. The van der Waals surface area contributed by atoms with E-state index in [2.05, 4.69) is 477 Å². The normalized spacial score (nSPS) is 27.8. The van der Waals surface area contributed by atoms with Crippen LogP contribution in [0.2, 0.25) is 5.28 Å². The van der Waals surface area contributed by atoms with Crippen molar-refractivity contribution in [1.29, 1.82) is 0 Å². The molecule has 12 bridgehead atoms. The number of benzene rings is 10. The van der Waals surface area contributed by atoms with Gasteiger partial charge in [-0.25, -0.2) is 29.9 Å². The zero-order valence-corrected chi connectivity index (χ0v) is 96.3. The average Bonchev–Trinajstić information content (AvgIpc) is 0.929. The largest absolute Gasteiger partial charge is 1.00 e. The van der Waals surface area contributed by atoms with E-state index >= 15 is 0 Å². The molecule has 0 unspecified atom stereocenters. The van der Waals surface area contributed by atoms with E-state index in [4.69, 9.17) is 36.3 Å². The molecule has 1 saturated heterocycles. The van der Waals surface area contributed by atoms with Crippen LogP contribution in [0.1, 0.15) is 210 Å². The fourth-order valence-corrected chi connectivity index (χ4v) is 44.3. The monoisotopic (exact) mass is 2530 g/mol. The molecule has 3 aromatic heterocycles. The van der Waals surface area contributed by atoms with Gasteiger partial charge in [0.1, 0.15) is 11.6 Å². The number of aryl methyl sites for hydroxylation is 9. The maximum absolute atomic E-state index is 5.32. The van der Waals surface area contributed by atoms with Crippen LogP contribution in [-0.4, -0.2) is 85.8 Å². The third-order valence-electron chi connectivity index (χ3n) is 29.8. The number of aromatic nitrogens is 6. The van der Waals surface area contributed by atoms with Gasteiger partial charge < -0.3 is 36.6 Å². The maximum Gasteiger partial charge on any atom is 1.00 e. The van der Waals surface area contributed by atoms with Crippen LogP contribution in [-0.2, 0) is 15.6 Å². The van der Waals surface area contributed by atoms with E-state index in [9.17, 15) is 0 Å². The van der Waals surface area contributed by atoms with Gasteiger partial charge in [-0.05, 0) is 342 Å². The molecule has 13 aliphatic rings. The van der Waals surface area contributed by atoms with Crippen LogP contribution in [0.5, 0.6) is 0 Å². The zero-order chi connectivity index (χ0) is 97.0. The second-order valence-electron chi connectivity index (χ2n) is 42.3. The molecule has 26 rings (SSSR count). The molecule has 12 aliphatic carbocycles. The molecule has 1 N–H and O–H groups in total. The number of para-hydroxylation sites is 1. The summed E-state index contributed by atoms with van der Waals surface area (Å²) in [5, 5.41) is 3.63. The van der Waals surface area contributed by atoms with Gasteiger partial charge >= 0.3 is 18.9 Å². The van der Waals surface area contributed by atoms with Crippen LogP contribution < -0.4 is 43.8 Å². The van der Waals surface area contributed by atoms with E-state index in [0.29, 0.717) is 19.0 Å². The van der Waals surface area contributed by atoms with Crippen molar-refractivity contribution >= 4 is 204 Å². The van der Waals surface area contributed by atoms with E-state index in [1.807, 2.05) is 55.1 Å². The molecule has 12 saturated carbocycles. The van der Waals surface area contributed by atoms with Crippen molar-refractivity contribution in [1.82, 2.24) is 29.9 Å². The molecule has 0 radical (unpaired) electrons. The molecule has 0 spiro atoms. The number of alkyl halides is 6. The summed E-state index contributed by atoms with van der Waals surface area (Å²) in [5.74, 6) is 1.87. The number of unbranched alkanes of at least 4 members (excludes halogenated alkanes) is 1. The second-order valence-corrected chi connectivity index (χ2v) is 56.3. The minimum Gasteiger partial charge on any atom is -0.381 e. The fraction of sp³-hybridized carbons (Fsp3) is 0.387. The number of anilines is 10. The SMILES string of the molecule is C1CCOC1.Cc1ccc(N(c2ccc(C)cc2)C23CC4(I)CC(I)(C2)CC(N(c2ccc(C)cc2)c2ccc(C)cc2)(C4)C3)cc1.Cc1ccc(N(c2ccc(C)cc2)C23CC4(c5ncccn5)CC(c5ncccn5)(C2)CC(N(c2ccc(C)cc2)c2ccc(C)cc2)(C4)C3)cc1.Cc1ccc(Nc2ccccc2)cc1.Clc1ncccn1.IC12CC3(I)CC(I)(C1)CC(I)(C2)C3.[CH2-]CCC.[Li+]. The summed E-state index contributed by atoms with van der Waals surface area (Å²) in [5.41, 5.74) is 22.6. The summed E-state index contributed by atoms with van der Waals surface area (Å²) < 4.78 is 7.95. The first-order chi connectivity index (χ1) is 66.1. The Bertz CT molecular complexity index is 5610. The molecular formula is C119H131ClI6LiN11O. The molecule has 12 nitrogen and oxygen atoms in total. The summed E-state index contributed by atoms with van der Waals surface area (Å²) in [6, 6.07) is 97.9. The van der Waals surface area contributed by atoms with Gasteiger partial charge in [0.15, 0.2) is 0 Å². The Hall–Kier alpha value is -6.33. The Labute approximate surface area is 926 Å².